The molecule has 1 aliphatic heterocycles. The second-order valence-electron chi connectivity index (χ2n) is 5.37. The molecule has 0 aromatic carbocycles. The molecule has 24 heavy (non-hydrogen) atoms. The summed E-state index contributed by atoms with van der Waals surface area (Å²) in [5.74, 6) is -0.539. The molecule has 0 saturated carbocycles. The highest BCUT2D eigenvalue weighted by molar-refractivity contribution is 7.15. The first-order valence-corrected chi connectivity index (χ1v) is 9.05. The molecule has 1 N–H and O–H groups in total. The van der Waals surface area contributed by atoms with Crippen LogP contribution >= 0.6 is 22.7 Å². The lowest BCUT2D eigenvalue weighted by atomic mass is 10.2. The van der Waals surface area contributed by atoms with Crippen LogP contribution < -0.4 is 10.9 Å². The second kappa shape index (κ2) is 6.04. The number of amides is 1. The maximum absolute atomic E-state index is 12.5. The summed E-state index contributed by atoms with van der Waals surface area (Å²) in [6, 6.07) is 0. The Morgan fingerprint density at radius 1 is 1.46 bits per heavy atom. The molecule has 0 aliphatic carbocycles. The van der Waals surface area contributed by atoms with E-state index in [1.165, 1.54) is 33.3 Å². The van der Waals surface area contributed by atoms with Crippen LogP contribution in [0.2, 0.25) is 0 Å². The summed E-state index contributed by atoms with van der Waals surface area (Å²) in [6.07, 6.45) is 3.15. The Morgan fingerprint density at radius 3 is 3.12 bits per heavy atom. The van der Waals surface area contributed by atoms with E-state index in [2.05, 4.69) is 20.5 Å². The first-order chi connectivity index (χ1) is 11.6. The van der Waals surface area contributed by atoms with Gasteiger partial charge in [-0.15, -0.1) is 21.5 Å². The fraction of sp³-hybridized carbons (Fsp3) is 0.357. The number of ether oxygens (including phenoxy) is 1. The van der Waals surface area contributed by atoms with E-state index in [0.717, 1.165) is 23.5 Å². The first-order valence-electron chi connectivity index (χ1n) is 7.35. The molecule has 0 spiro atoms. The van der Waals surface area contributed by atoms with Gasteiger partial charge in [-0.1, -0.05) is 11.3 Å². The molecule has 0 unspecified atom stereocenters. The van der Waals surface area contributed by atoms with Gasteiger partial charge in [-0.05, 0) is 19.8 Å². The minimum atomic E-state index is -0.539. The zero-order valence-electron chi connectivity index (χ0n) is 12.7. The Balaban J connectivity index is 1.59. The Morgan fingerprint density at radius 2 is 2.33 bits per heavy atom. The van der Waals surface area contributed by atoms with Crippen molar-refractivity contribution >= 4 is 38.7 Å². The molecule has 8 nitrogen and oxygen atoms in total. The third-order valence-corrected chi connectivity index (χ3v) is 5.62. The Bertz CT molecular complexity index is 970. The molecule has 4 heterocycles. The molecular weight excluding hydrogens is 350 g/mol. The fourth-order valence-electron chi connectivity index (χ4n) is 2.53. The zero-order chi connectivity index (χ0) is 16.7. The quantitative estimate of drug-likeness (QED) is 0.764. The molecule has 10 heteroatoms. The number of rotatable bonds is 3. The van der Waals surface area contributed by atoms with Crippen molar-refractivity contribution in [1.29, 1.82) is 0 Å². The molecule has 1 atom stereocenters. The monoisotopic (exact) mass is 363 g/mol. The van der Waals surface area contributed by atoms with Crippen molar-refractivity contribution in [1.82, 2.24) is 19.6 Å². The first kappa shape index (κ1) is 15.4. The van der Waals surface area contributed by atoms with Crippen LogP contribution in [0.1, 0.15) is 40.0 Å². The summed E-state index contributed by atoms with van der Waals surface area (Å²) in [4.78, 5) is 29.6. The van der Waals surface area contributed by atoms with Crippen molar-refractivity contribution in [3.63, 3.8) is 0 Å². The van der Waals surface area contributed by atoms with Crippen LogP contribution in [0, 0.1) is 6.92 Å². The van der Waals surface area contributed by atoms with Crippen molar-refractivity contribution < 1.29 is 9.53 Å². The third-order valence-electron chi connectivity index (χ3n) is 3.73. The molecule has 1 saturated heterocycles. The normalized spacial score (nSPS) is 17.5. The number of carbonyl (C=O) groups excluding carboxylic acids is 1. The fourth-order valence-corrected chi connectivity index (χ4v) is 4.18. The lowest BCUT2D eigenvalue weighted by Gasteiger charge is -2.03. The Hall–Kier alpha value is -2.17. The molecule has 3 aromatic heterocycles. The lowest BCUT2D eigenvalue weighted by molar-refractivity contribution is 0.102. The summed E-state index contributed by atoms with van der Waals surface area (Å²) < 4.78 is 6.97. The second-order valence-corrected chi connectivity index (χ2v) is 7.22. The zero-order valence-corrected chi connectivity index (χ0v) is 14.3. The van der Waals surface area contributed by atoms with Crippen LogP contribution in [-0.4, -0.2) is 32.1 Å². The molecule has 1 aliphatic rings. The smallest absolute Gasteiger partial charge is 0.271 e. The number of hydrogen-bond donors (Lipinski definition) is 1. The minimum absolute atomic E-state index is 0.0251. The van der Waals surface area contributed by atoms with Crippen molar-refractivity contribution in [3.8, 4) is 0 Å². The van der Waals surface area contributed by atoms with Gasteiger partial charge < -0.3 is 4.74 Å². The van der Waals surface area contributed by atoms with Gasteiger partial charge in [0.05, 0.1) is 0 Å². The van der Waals surface area contributed by atoms with Crippen LogP contribution in [0.25, 0.3) is 4.96 Å². The predicted molar refractivity (Wildman–Crippen MR) is 89.9 cm³/mol. The van der Waals surface area contributed by atoms with Crippen molar-refractivity contribution in [2.24, 2.45) is 0 Å². The number of aromatic nitrogens is 4. The predicted octanol–water partition coefficient (Wildman–Crippen LogP) is 2.02. The topological polar surface area (TPSA) is 98.5 Å². The summed E-state index contributed by atoms with van der Waals surface area (Å²) >= 11 is 2.62. The van der Waals surface area contributed by atoms with Crippen LogP contribution in [0.15, 0.2) is 16.4 Å². The van der Waals surface area contributed by atoms with E-state index in [-0.39, 0.29) is 17.2 Å². The maximum atomic E-state index is 12.5. The van der Waals surface area contributed by atoms with Crippen molar-refractivity contribution in [3.05, 3.63) is 38.2 Å². The van der Waals surface area contributed by atoms with E-state index >= 15 is 0 Å². The number of hydrogen-bond acceptors (Lipinski definition) is 8. The molecular formula is C14H13N5O3S2. The van der Waals surface area contributed by atoms with Gasteiger partial charge in [0, 0.05) is 23.9 Å². The largest absolute Gasteiger partial charge is 0.371 e. The van der Waals surface area contributed by atoms with Gasteiger partial charge in [-0.2, -0.15) is 0 Å². The number of anilines is 1. The van der Waals surface area contributed by atoms with E-state index in [1.807, 2.05) is 5.38 Å². The summed E-state index contributed by atoms with van der Waals surface area (Å²) in [6.45, 7) is 2.52. The number of nitrogens with one attached hydrogen (secondary N) is 1. The van der Waals surface area contributed by atoms with Gasteiger partial charge in [0.15, 0.2) is 4.96 Å². The van der Waals surface area contributed by atoms with Gasteiger partial charge >= 0.3 is 0 Å². The van der Waals surface area contributed by atoms with E-state index < -0.39 is 5.91 Å². The standard InChI is InChI=1S/C14H13N5O3S2/c1-7-6-23-14-15-5-8(12(21)19(7)14)10(20)16-13-18-17-11(24-13)9-3-2-4-22-9/h5-6,9H,2-4H2,1H3,(H,16,18,20)/t9-/m0/s1. The number of nitrogens with zero attached hydrogens (tertiary/aromatic N) is 4. The average molecular weight is 363 g/mol. The molecule has 0 bridgehead atoms. The lowest BCUT2D eigenvalue weighted by Crippen LogP contribution is -2.26. The van der Waals surface area contributed by atoms with Gasteiger partial charge in [0.1, 0.15) is 16.7 Å². The van der Waals surface area contributed by atoms with Crippen LogP contribution in [0.3, 0.4) is 0 Å². The van der Waals surface area contributed by atoms with E-state index in [0.29, 0.717) is 16.7 Å². The SMILES string of the molecule is Cc1csc2ncc(C(=O)Nc3nnc([C@@H]4CCCO4)s3)c(=O)n12. The molecule has 1 fully saturated rings. The highest BCUT2D eigenvalue weighted by atomic mass is 32.1. The number of aryl methyl sites for hydroxylation is 1. The van der Waals surface area contributed by atoms with Crippen LogP contribution in [-0.2, 0) is 4.74 Å². The van der Waals surface area contributed by atoms with Crippen LogP contribution in [0.4, 0.5) is 5.13 Å². The summed E-state index contributed by atoms with van der Waals surface area (Å²) in [7, 11) is 0. The average Bonchev–Trinajstić information content (AvgIpc) is 3.28. The number of thiazole rings is 1. The van der Waals surface area contributed by atoms with E-state index in [1.54, 1.807) is 6.92 Å². The molecule has 124 valence electrons. The minimum Gasteiger partial charge on any atom is -0.371 e. The van der Waals surface area contributed by atoms with Crippen LogP contribution in [0.5, 0.6) is 0 Å². The molecule has 0 radical (unpaired) electrons. The van der Waals surface area contributed by atoms with Gasteiger partial charge in [-0.3, -0.25) is 19.3 Å². The maximum Gasteiger partial charge on any atom is 0.271 e. The highest BCUT2D eigenvalue weighted by Crippen LogP contribution is 2.31. The number of carbonyl (C=O) groups is 1. The van der Waals surface area contributed by atoms with Crippen molar-refractivity contribution in [2.75, 3.05) is 11.9 Å². The molecule has 1 amide bonds. The third kappa shape index (κ3) is 2.62. The molecule has 3 aromatic rings. The highest BCUT2D eigenvalue weighted by Gasteiger charge is 2.23. The Kier molecular flexibility index (Phi) is 3.87. The van der Waals surface area contributed by atoms with E-state index in [9.17, 15) is 9.59 Å². The van der Waals surface area contributed by atoms with Gasteiger partial charge in [0.2, 0.25) is 5.13 Å². The summed E-state index contributed by atoms with van der Waals surface area (Å²) in [5.41, 5.74) is 0.335. The van der Waals surface area contributed by atoms with Gasteiger partial charge in [-0.25, -0.2) is 4.98 Å². The van der Waals surface area contributed by atoms with Gasteiger partial charge in [0.25, 0.3) is 11.5 Å². The van der Waals surface area contributed by atoms with E-state index in [4.69, 9.17) is 4.74 Å². The Labute approximate surface area is 144 Å². The number of fused-ring (bicyclic) bond motifs is 1. The summed E-state index contributed by atoms with van der Waals surface area (Å²) in [5, 5.41) is 13.5. The van der Waals surface area contributed by atoms with Crippen molar-refractivity contribution in [2.45, 2.75) is 25.9 Å². The molecule has 4 rings (SSSR count).